The Kier molecular flexibility index (Phi) is 30.6. The molecule has 0 saturated heterocycles. The number of rotatable bonds is 30. The number of ether oxygens (including phenoxy) is 2. The fraction of sp³-hybridized carbons (Fsp3) is 0.829. The summed E-state index contributed by atoms with van der Waals surface area (Å²) in [5, 5.41) is 9.39. The van der Waals surface area contributed by atoms with Crippen LogP contribution in [0.15, 0.2) is 24.3 Å². The summed E-state index contributed by atoms with van der Waals surface area (Å²) in [6.45, 7) is 3.94. The minimum atomic E-state index is -0.763. The lowest BCUT2D eigenvalue weighted by Crippen LogP contribution is -2.28. The number of hydrogen-bond donors (Lipinski definition) is 1. The van der Waals surface area contributed by atoms with Crippen LogP contribution in [0.4, 0.5) is 0 Å². The van der Waals surface area contributed by atoms with Crippen molar-refractivity contribution in [3.05, 3.63) is 24.3 Å². The SMILES string of the molecule is CCCCCCC/C=C\C/C=C\CCCCCCCCCCCCCC(=O)OC(CO)COC(=O)CCCCC. The van der Waals surface area contributed by atoms with Gasteiger partial charge in [-0.3, -0.25) is 9.59 Å². The summed E-state index contributed by atoms with van der Waals surface area (Å²) in [7, 11) is 0. The van der Waals surface area contributed by atoms with E-state index < -0.39 is 6.10 Å². The fourth-order valence-electron chi connectivity index (χ4n) is 4.64. The van der Waals surface area contributed by atoms with Gasteiger partial charge in [0.25, 0.3) is 0 Å². The average molecular weight is 565 g/mol. The molecule has 0 spiro atoms. The molecule has 0 bridgehead atoms. The highest BCUT2D eigenvalue weighted by molar-refractivity contribution is 5.70. The average Bonchev–Trinajstić information content (AvgIpc) is 2.95. The van der Waals surface area contributed by atoms with Gasteiger partial charge >= 0.3 is 11.9 Å². The Balaban J connectivity index is 3.44. The first kappa shape index (κ1) is 38.4. The van der Waals surface area contributed by atoms with Gasteiger partial charge in [-0.15, -0.1) is 0 Å². The third-order valence-corrected chi connectivity index (χ3v) is 7.25. The Bertz CT molecular complexity index is 613. The number of allylic oxidation sites excluding steroid dienone is 4. The van der Waals surface area contributed by atoms with Crippen LogP contribution in [0.3, 0.4) is 0 Å². The lowest BCUT2D eigenvalue weighted by Gasteiger charge is -2.15. The molecule has 0 aliphatic carbocycles. The van der Waals surface area contributed by atoms with E-state index in [1.54, 1.807) is 0 Å². The van der Waals surface area contributed by atoms with Crippen LogP contribution in [0.25, 0.3) is 0 Å². The number of aliphatic hydroxyl groups is 1. The molecular weight excluding hydrogens is 500 g/mol. The van der Waals surface area contributed by atoms with Gasteiger partial charge in [0.15, 0.2) is 6.10 Å². The zero-order valence-electron chi connectivity index (χ0n) is 26.4. The Morgan fingerprint density at radius 1 is 0.575 bits per heavy atom. The van der Waals surface area contributed by atoms with Crippen LogP contribution in [0, 0.1) is 0 Å². The molecular formula is C35H64O5. The standard InChI is InChI=1S/C35H64O5/c1-3-5-7-8-9-10-11-12-13-14-15-16-17-18-19-20-21-22-23-24-25-26-28-30-35(38)40-33(31-36)32-39-34(37)29-27-6-4-2/h11-12,14-15,33,36H,3-10,13,16-32H2,1-2H3/b12-11-,15-14-. The summed E-state index contributed by atoms with van der Waals surface area (Å²) in [6.07, 6.45) is 35.9. The first-order valence-corrected chi connectivity index (χ1v) is 16.9. The van der Waals surface area contributed by atoms with Gasteiger partial charge in [0, 0.05) is 12.8 Å². The Morgan fingerprint density at radius 3 is 1.52 bits per heavy atom. The van der Waals surface area contributed by atoms with Crippen LogP contribution in [0.1, 0.15) is 168 Å². The number of carbonyl (C=O) groups is 2. The minimum absolute atomic E-state index is 0.0680. The van der Waals surface area contributed by atoms with E-state index in [0.29, 0.717) is 12.8 Å². The lowest BCUT2D eigenvalue weighted by atomic mass is 10.0. The second-order valence-electron chi connectivity index (χ2n) is 11.2. The molecule has 0 aliphatic rings. The highest BCUT2D eigenvalue weighted by Gasteiger charge is 2.16. The van der Waals surface area contributed by atoms with Gasteiger partial charge < -0.3 is 14.6 Å². The third-order valence-electron chi connectivity index (χ3n) is 7.25. The minimum Gasteiger partial charge on any atom is -0.462 e. The molecule has 1 atom stereocenters. The van der Waals surface area contributed by atoms with E-state index in [-0.39, 0.29) is 25.2 Å². The Hall–Kier alpha value is -1.62. The first-order valence-electron chi connectivity index (χ1n) is 16.9. The number of aliphatic hydroxyl groups excluding tert-OH is 1. The smallest absolute Gasteiger partial charge is 0.306 e. The third kappa shape index (κ3) is 29.4. The van der Waals surface area contributed by atoms with Crippen molar-refractivity contribution in [2.75, 3.05) is 13.2 Å². The van der Waals surface area contributed by atoms with Gasteiger partial charge in [0.2, 0.25) is 0 Å². The van der Waals surface area contributed by atoms with E-state index in [1.165, 1.54) is 96.3 Å². The summed E-state index contributed by atoms with van der Waals surface area (Å²) in [4.78, 5) is 23.7. The van der Waals surface area contributed by atoms with Crippen LogP contribution in [0.2, 0.25) is 0 Å². The highest BCUT2D eigenvalue weighted by Crippen LogP contribution is 2.13. The molecule has 0 radical (unpaired) electrons. The van der Waals surface area contributed by atoms with Gasteiger partial charge in [-0.2, -0.15) is 0 Å². The quantitative estimate of drug-likeness (QED) is 0.0534. The molecule has 5 heteroatoms. The summed E-state index contributed by atoms with van der Waals surface area (Å²) < 4.78 is 10.4. The van der Waals surface area contributed by atoms with Gasteiger partial charge in [-0.1, -0.05) is 134 Å². The van der Waals surface area contributed by atoms with Gasteiger partial charge in [0.1, 0.15) is 6.61 Å². The van der Waals surface area contributed by atoms with E-state index in [4.69, 9.17) is 9.47 Å². The van der Waals surface area contributed by atoms with Crippen LogP contribution < -0.4 is 0 Å². The predicted octanol–water partition coefficient (Wildman–Crippen LogP) is 9.95. The maximum Gasteiger partial charge on any atom is 0.306 e. The van der Waals surface area contributed by atoms with Gasteiger partial charge in [-0.25, -0.2) is 0 Å². The van der Waals surface area contributed by atoms with Crippen molar-refractivity contribution in [3.63, 3.8) is 0 Å². The van der Waals surface area contributed by atoms with E-state index in [2.05, 4.69) is 38.2 Å². The largest absolute Gasteiger partial charge is 0.462 e. The lowest BCUT2D eigenvalue weighted by molar-refractivity contribution is -0.161. The maximum absolute atomic E-state index is 12.0. The van der Waals surface area contributed by atoms with E-state index in [1.807, 2.05) is 0 Å². The number of unbranched alkanes of at least 4 members (excludes halogenated alkanes) is 18. The normalized spacial score (nSPS) is 12.4. The number of esters is 2. The molecule has 0 rings (SSSR count). The zero-order valence-corrected chi connectivity index (χ0v) is 26.4. The Morgan fingerprint density at radius 2 is 1.00 bits per heavy atom. The van der Waals surface area contributed by atoms with Crippen molar-refractivity contribution in [2.45, 2.75) is 174 Å². The number of hydrogen-bond acceptors (Lipinski definition) is 5. The van der Waals surface area contributed by atoms with E-state index >= 15 is 0 Å². The molecule has 0 fully saturated rings. The molecule has 0 aromatic heterocycles. The molecule has 0 amide bonds. The van der Waals surface area contributed by atoms with Crippen molar-refractivity contribution in [2.24, 2.45) is 0 Å². The summed E-state index contributed by atoms with van der Waals surface area (Å²) in [5.41, 5.74) is 0. The molecule has 40 heavy (non-hydrogen) atoms. The molecule has 0 aromatic rings. The van der Waals surface area contributed by atoms with Crippen LogP contribution in [0.5, 0.6) is 0 Å². The topological polar surface area (TPSA) is 72.8 Å². The highest BCUT2D eigenvalue weighted by atomic mass is 16.6. The van der Waals surface area contributed by atoms with E-state index in [9.17, 15) is 14.7 Å². The zero-order chi connectivity index (χ0) is 29.4. The molecule has 234 valence electrons. The molecule has 0 aliphatic heterocycles. The van der Waals surface area contributed by atoms with Crippen LogP contribution >= 0.6 is 0 Å². The van der Waals surface area contributed by atoms with Crippen LogP contribution in [-0.2, 0) is 19.1 Å². The molecule has 1 unspecified atom stereocenters. The van der Waals surface area contributed by atoms with E-state index in [0.717, 1.165) is 44.9 Å². The van der Waals surface area contributed by atoms with Crippen LogP contribution in [-0.4, -0.2) is 36.4 Å². The molecule has 1 N–H and O–H groups in total. The Labute approximate surface area is 247 Å². The van der Waals surface area contributed by atoms with Crippen molar-refractivity contribution < 1.29 is 24.2 Å². The van der Waals surface area contributed by atoms with Crippen molar-refractivity contribution >= 4 is 11.9 Å². The first-order chi connectivity index (χ1) is 19.6. The van der Waals surface area contributed by atoms with Crippen molar-refractivity contribution in [1.29, 1.82) is 0 Å². The van der Waals surface area contributed by atoms with Gasteiger partial charge in [0.05, 0.1) is 6.61 Å². The fourth-order valence-corrected chi connectivity index (χ4v) is 4.64. The van der Waals surface area contributed by atoms with Crippen molar-refractivity contribution in [1.82, 2.24) is 0 Å². The predicted molar refractivity (Wildman–Crippen MR) is 168 cm³/mol. The van der Waals surface area contributed by atoms with Gasteiger partial charge in [-0.05, 0) is 44.9 Å². The second-order valence-corrected chi connectivity index (χ2v) is 11.2. The summed E-state index contributed by atoms with van der Waals surface area (Å²) in [5.74, 6) is -0.620. The summed E-state index contributed by atoms with van der Waals surface area (Å²) in [6, 6.07) is 0. The van der Waals surface area contributed by atoms with Crippen molar-refractivity contribution in [3.8, 4) is 0 Å². The summed E-state index contributed by atoms with van der Waals surface area (Å²) >= 11 is 0. The molecule has 0 aromatic carbocycles. The maximum atomic E-state index is 12.0. The molecule has 0 saturated carbocycles. The molecule has 0 heterocycles. The number of carbonyl (C=O) groups excluding carboxylic acids is 2. The second kappa shape index (κ2) is 31.9. The molecule has 5 nitrogen and oxygen atoms in total. The monoisotopic (exact) mass is 564 g/mol.